The average Bonchev–Trinajstić information content (AvgIpc) is 2.90. The van der Waals surface area contributed by atoms with Crippen LogP contribution in [0.25, 0.3) is 0 Å². The monoisotopic (exact) mass is 523 g/mol. The van der Waals surface area contributed by atoms with Gasteiger partial charge in [0.25, 0.3) is 0 Å². The zero-order valence-corrected chi connectivity index (χ0v) is 24.3. The lowest BCUT2D eigenvalue weighted by molar-refractivity contribution is -0.124. The Hall–Kier alpha value is -1.17. The number of aliphatic hydroxyl groups is 3. The molecule has 37 heavy (non-hydrogen) atoms. The molecule has 0 saturated carbocycles. The Bertz CT molecular complexity index is 549. The molecule has 1 amide bonds. The predicted molar refractivity (Wildman–Crippen MR) is 158 cm³/mol. The fourth-order valence-corrected chi connectivity index (χ4v) is 4.51. The van der Waals surface area contributed by atoms with Crippen molar-refractivity contribution in [2.24, 2.45) is 0 Å². The van der Waals surface area contributed by atoms with Crippen LogP contribution in [0, 0.1) is 0 Å². The molecule has 0 spiro atoms. The number of hydrogen-bond donors (Lipinski definition) is 4. The van der Waals surface area contributed by atoms with Crippen molar-refractivity contribution >= 4 is 5.91 Å². The summed E-state index contributed by atoms with van der Waals surface area (Å²) in [5.41, 5.74) is 0. The minimum Gasteiger partial charge on any atom is -0.394 e. The van der Waals surface area contributed by atoms with Crippen LogP contribution in [-0.4, -0.2) is 46.1 Å². The summed E-state index contributed by atoms with van der Waals surface area (Å²) >= 11 is 0. The van der Waals surface area contributed by atoms with E-state index in [-0.39, 0.29) is 12.5 Å². The van der Waals surface area contributed by atoms with Crippen molar-refractivity contribution in [1.29, 1.82) is 0 Å². The van der Waals surface area contributed by atoms with E-state index in [1.165, 1.54) is 77.0 Å². The third kappa shape index (κ3) is 23.7. The summed E-state index contributed by atoms with van der Waals surface area (Å²) < 4.78 is 0. The topological polar surface area (TPSA) is 89.8 Å². The third-order valence-electron chi connectivity index (χ3n) is 7.03. The Morgan fingerprint density at radius 3 is 1.62 bits per heavy atom. The molecule has 3 unspecified atom stereocenters. The molecule has 0 radical (unpaired) electrons. The maximum atomic E-state index is 12.2. The number of allylic oxidation sites excluding steroid dienone is 4. The smallest absolute Gasteiger partial charge is 0.220 e. The van der Waals surface area contributed by atoms with E-state index in [4.69, 9.17) is 0 Å². The first kappa shape index (κ1) is 35.8. The van der Waals surface area contributed by atoms with E-state index in [1.54, 1.807) is 0 Å². The summed E-state index contributed by atoms with van der Waals surface area (Å²) in [5, 5.41) is 33.1. The van der Waals surface area contributed by atoms with Gasteiger partial charge in [0.05, 0.1) is 18.8 Å². The third-order valence-corrected chi connectivity index (χ3v) is 7.03. The molecule has 0 aromatic carbocycles. The highest BCUT2D eigenvalue weighted by atomic mass is 16.3. The van der Waals surface area contributed by atoms with Gasteiger partial charge in [-0.25, -0.2) is 0 Å². The molecule has 0 aromatic rings. The summed E-state index contributed by atoms with van der Waals surface area (Å²) in [4.78, 5) is 12.2. The van der Waals surface area contributed by atoms with E-state index < -0.39 is 18.2 Å². The molecule has 0 aliphatic rings. The second-order valence-electron chi connectivity index (χ2n) is 10.6. The van der Waals surface area contributed by atoms with Gasteiger partial charge in [-0.3, -0.25) is 4.79 Å². The molecule has 0 saturated heterocycles. The quantitative estimate of drug-likeness (QED) is 0.0661. The number of amides is 1. The number of carbonyl (C=O) groups excluding carboxylic acids is 1. The molecular formula is C32H61NO4. The van der Waals surface area contributed by atoms with Gasteiger partial charge in [-0.1, -0.05) is 102 Å². The van der Waals surface area contributed by atoms with E-state index in [0.29, 0.717) is 12.8 Å². The first-order valence-corrected chi connectivity index (χ1v) is 15.6. The van der Waals surface area contributed by atoms with Gasteiger partial charge in [0.1, 0.15) is 6.10 Å². The summed E-state index contributed by atoms with van der Waals surface area (Å²) in [6.45, 7) is 4.08. The van der Waals surface area contributed by atoms with Crippen LogP contribution in [0.1, 0.15) is 149 Å². The van der Waals surface area contributed by atoms with Crippen molar-refractivity contribution in [3.05, 3.63) is 24.3 Å². The second-order valence-corrected chi connectivity index (χ2v) is 10.6. The number of hydrogen-bond acceptors (Lipinski definition) is 4. The molecule has 0 aliphatic heterocycles. The SMILES string of the molecule is CCCCC/C=C\CCCCCCCC(=O)NC(CO)C(O)C(O)CCC/C=C/CCCCCCCC. The lowest BCUT2D eigenvalue weighted by Crippen LogP contribution is -2.50. The van der Waals surface area contributed by atoms with E-state index >= 15 is 0 Å². The Morgan fingerprint density at radius 2 is 1.08 bits per heavy atom. The van der Waals surface area contributed by atoms with Crippen LogP contribution in [0.4, 0.5) is 0 Å². The van der Waals surface area contributed by atoms with Crippen LogP contribution in [0.5, 0.6) is 0 Å². The van der Waals surface area contributed by atoms with Crippen molar-refractivity contribution in [2.75, 3.05) is 6.61 Å². The van der Waals surface area contributed by atoms with Crippen LogP contribution >= 0.6 is 0 Å². The number of unbranched alkanes of at least 4 members (excludes halogenated alkanes) is 15. The summed E-state index contributed by atoms with van der Waals surface area (Å²) in [6, 6.07) is -0.824. The van der Waals surface area contributed by atoms with E-state index in [9.17, 15) is 20.1 Å². The van der Waals surface area contributed by atoms with Crippen molar-refractivity contribution in [2.45, 2.75) is 167 Å². The minimum atomic E-state index is -1.16. The maximum Gasteiger partial charge on any atom is 0.220 e. The molecule has 0 aromatic heterocycles. The summed E-state index contributed by atoms with van der Waals surface area (Å²) in [5.74, 6) is -0.169. The van der Waals surface area contributed by atoms with Gasteiger partial charge >= 0.3 is 0 Å². The number of carbonyl (C=O) groups is 1. The Labute approximate surface area is 229 Å². The lowest BCUT2D eigenvalue weighted by atomic mass is 10.0. The van der Waals surface area contributed by atoms with E-state index in [0.717, 1.165) is 44.9 Å². The van der Waals surface area contributed by atoms with Gasteiger partial charge < -0.3 is 20.6 Å². The molecule has 5 nitrogen and oxygen atoms in total. The normalized spacial score (nSPS) is 14.4. The highest BCUT2D eigenvalue weighted by Crippen LogP contribution is 2.12. The van der Waals surface area contributed by atoms with Gasteiger partial charge in [0, 0.05) is 6.42 Å². The standard InChI is InChI=1S/C32H61NO4/c1-3-5-7-9-11-13-15-17-19-21-23-25-27-31(36)33-29(28-34)32(37)30(35)26-24-22-20-18-16-14-12-10-8-6-4-2/h11,13,18,20,29-30,32,34-35,37H,3-10,12,14-17,19,21-28H2,1-2H3,(H,33,36)/b13-11-,20-18+. The number of nitrogens with one attached hydrogen (secondary N) is 1. The fourth-order valence-electron chi connectivity index (χ4n) is 4.51. The Morgan fingerprint density at radius 1 is 0.649 bits per heavy atom. The van der Waals surface area contributed by atoms with Gasteiger partial charge in [-0.05, 0) is 64.2 Å². The van der Waals surface area contributed by atoms with Gasteiger partial charge in [-0.2, -0.15) is 0 Å². The molecule has 0 rings (SSSR count). The largest absolute Gasteiger partial charge is 0.394 e. The highest BCUT2D eigenvalue weighted by molar-refractivity contribution is 5.76. The first-order valence-electron chi connectivity index (χ1n) is 15.6. The van der Waals surface area contributed by atoms with Crippen molar-refractivity contribution in [3.63, 3.8) is 0 Å². The molecule has 4 N–H and O–H groups in total. The molecule has 0 heterocycles. The Balaban J connectivity index is 3.83. The van der Waals surface area contributed by atoms with Crippen LogP contribution in [0.2, 0.25) is 0 Å². The molecular weight excluding hydrogens is 462 g/mol. The van der Waals surface area contributed by atoms with Crippen molar-refractivity contribution in [3.8, 4) is 0 Å². The van der Waals surface area contributed by atoms with Gasteiger partial charge in [-0.15, -0.1) is 0 Å². The molecule has 218 valence electrons. The fraction of sp³-hybridized carbons (Fsp3) is 0.844. The highest BCUT2D eigenvalue weighted by Gasteiger charge is 2.26. The van der Waals surface area contributed by atoms with Crippen LogP contribution in [-0.2, 0) is 4.79 Å². The zero-order valence-electron chi connectivity index (χ0n) is 24.3. The van der Waals surface area contributed by atoms with Crippen LogP contribution in [0.3, 0.4) is 0 Å². The lowest BCUT2D eigenvalue weighted by Gasteiger charge is -2.26. The molecule has 0 fully saturated rings. The van der Waals surface area contributed by atoms with Gasteiger partial charge in [0.2, 0.25) is 5.91 Å². The average molecular weight is 524 g/mol. The molecule has 3 atom stereocenters. The summed E-state index contributed by atoms with van der Waals surface area (Å²) in [6.07, 6.45) is 29.8. The predicted octanol–water partition coefficient (Wildman–Crippen LogP) is 7.53. The van der Waals surface area contributed by atoms with Crippen molar-refractivity contribution < 1.29 is 20.1 Å². The van der Waals surface area contributed by atoms with E-state index in [2.05, 4.69) is 43.5 Å². The zero-order chi connectivity index (χ0) is 27.4. The van der Waals surface area contributed by atoms with Gasteiger partial charge in [0.15, 0.2) is 0 Å². The first-order chi connectivity index (χ1) is 18.1. The summed E-state index contributed by atoms with van der Waals surface area (Å²) in [7, 11) is 0. The molecule has 0 bridgehead atoms. The van der Waals surface area contributed by atoms with E-state index in [1.807, 2.05) is 0 Å². The van der Waals surface area contributed by atoms with Crippen LogP contribution < -0.4 is 5.32 Å². The van der Waals surface area contributed by atoms with Crippen molar-refractivity contribution in [1.82, 2.24) is 5.32 Å². The minimum absolute atomic E-state index is 0.169. The van der Waals surface area contributed by atoms with Crippen LogP contribution in [0.15, 0.2) is 24.3 Å². The molecule has 0 aliphatic carbocycles. The second kappa shape index (κ2) is 27.9. The number of rotatable bonds is 27. The number of aliphatic hydroxyl groups excluding tert-OH is 3. The maximum absolute atomic E-state index is 12.2. The Kier molecular flexibility index (Phi) is 27.0. The molecule has 5 heteroatoms.